The van der Waals surface area contributed by atoms with Crippen molar-refractivity contribution in [2.45, 2.75) is 0 Å². The van der Waals surface area contributed by atoms with Crippen molar-refractivity contribution in [1.29, 1.82) is 0 Å². The molecular weight excluding hydrogens is 577 g/mol. The van der Waals surface area contributed by atoms with Gasteiger partial charge in [0.2, 0.25) is 0 Å². The highest BCUT2D eigenvalue weighted by atomic mass is 14.2. The van der Waals surface area contributed by atoms with Gasteiger partial charge >= 0.3 is 0 Å². The molecule has 0 heteroatoms. The molecule has 10 aromatic rings. The van der Waals surface area contributed by atoms with Gasteiger partial charge in [0.25, 0.3) is 0 Å². The van der Waals surface area contributed by atoms with E-state index in [1.165, 1.54) is 98.0 Å². The molecule has 0 saturated heterocycles. The summed E-state index contributed by atoms with van der Waals surface area (Å²) in [6.45, 7) is 0. The molecule has 0 atom stereocenters. The molecule has 0 radical (unpaired) electrons. The van der Waals surface area contributed by atoms with Gasteiger partial charge in [-0.15, -0.1) is 0 Å². The maximum Gasteiger partial charge on any atom is -0.00197 e. The molecule has 10 rings (SSSR count). The van der Waals surface area contributed by atoms with E-state index < -0.39 is 0 Å². The van der Waals surface area contributed by atoms with Crippen molar-refractivity contribution in [2.24, 2.45) is 0 Å². The fraction of sp³-hybridized carbons (Fsp3) is 0. The van der Waals surface area contributed by atoms with Crippen LogP contribution in [-0.4, -0.2) is 0 Å². The van der Waals surface area contributed by atoms with Gasteiger partial charge in [0.1, 0.15) is 0 Å². The first kappa shape index (κ1) is 26.9. The van der Waals surface area contributed by atoms with Gasteiger partial charge in [-0.25, -0.2) is 0 Å². The Labute approximate surface area is 279 Å². The van der Waals surface area contributed by atoms with Crippen molar-refractivity contribution in [3.63, 3.8) is 0 Å². The van der Waals surface area contributed by atoms with E-state index in [9.17, 15) is 0 Å². The van der Waals surface area contributed by atoms with Gasteiger partial charge in [0.15, 0.2) is 0 Å². The van der Waals surface area contributed by atoms with E-state index in [1.807, 2.05) is 0 Å². The first-order chi connectivity index (χ1) is 23.8. The Balaban J connectivity index is 1.39. The van der Waals surface area contributed by atoms with E-state index >= 15 is 0 Å². The van der Waals surface area contributed by atoms with E-state index in [0.29, 0.717) is 0 Å². The summed E-state index contributed by atoms with van der Waals surface area (Å²) in [5, 5.41) is 15.2. The lowest BCUT2D eigenvalue weighted by Gasteiger charge is -2.21. The number of rotatable bonds is 3. The Bertz CT molecular complexity index is 2890. The molecule has 0 aliphatic carbocycles. The summed E-state index contributed by atoms with van der Waals surface area (Å²) in [6.07, 6.45) is 0. The molecule has 0 spiro atoms. The average molecular weight is 607 g/mol. The Morgan fingerprint density at radius 3 is 1.52 bits per heavy atom. The Morgan fingerprint density at radius 2 is 0.729 bits per heavy atom. The third-order valence-corrected chi connectivity index (χ3v) is 10.2. The standard InChI is InChI=1S/C48H30/c1-2-14-33-28-34(25-24-31(33)12-1)35-26-27-44-46(29-35)48(45-30-36-15-4-6-18-38(36)39-19-7-8-20-40(39)45)43-22-10-9-21-42(43)47(44)41-23-11-16-32-13-3-5-17-37(32)41/h1-30H. The average Bonchev–Trinajstić information content (AvgIpc) is 3.16. The van der Waals surface area contributed by atoms with Gasteiger partial charge in [0, 0.05) is 0 Å². The molecule has 48 heavy (non-hydrogen) atoms. The lowest BCUT2D eigenvalue weighted by molar-refractivity contribution is 1.66. The zero-order chi connectivity index (χ0) is 31.6. The zero-order valence-electron chi connectivity index (χ0n) is 26.3. The van der Waals surface area contributed by atoms with Crippen LogP contribution < -0.4 is 0 Å². The fourth-order valence-electron chi connectivity index (χ4n) is 8.01. The van der Waals surface area contributed by atoms with Crippen LogP contribution in [0.2, 0.25) is 0 Å². The van der Waals surface area contributed by atoms with Crippen LogP contribution in [0.1, 0.15) is 0 Å². The normalized spacial score (nSPS) is 11.8. The van der Waals surface area contributed by atoms with Crippen LogP contribution >= 0.6 is 0 Å². The highest BCUT2D eigenvalue weighted by Gasteiger charge is 2.20. The summed E-state index contributed by atoms with van der Waals surface area (Å²) in [7, 11) is 0. The summed E-state index contributed by atoms with van der Waals surface area (Å²) < 4.78 is 0. The van der Waals surface area contributed by atoms with Crippen LogP contribution in [-0.2, 0) is 0 Å². The van der Waals surface area contributed by atoms with E-state index in [-0.39, 0.29) is 0 Å². The molecule has 0 amide bonds. The van der Waals surface area contributed by atoms with Crippen molar-refractivity contribution in [1.82, 2.24) is 0 Å². The summed E-state index contributed by atoms with van der Waals surface area (Å²) in [5.41, 5.74) is 7.56. The van der Waals surface area contributed by atoms with Gasteiger partial charge in [-0.1, -0.05) is 164 Å². The molecular formula is C48H30. The smallest absolute Gasteiger partial charge is 0.00197 e. The van der Waals surface area contributed by atoms with Gasteiger partial charge in [0.05, 0.1) is 0 Å². The summed E-state index contributed by atoms with van der Waals surface area (Å²) in [5.74, 6) is 0. The predicted molar refractivity (Wildman–Crippen MR) is 208 cm³/mol. The van der Waals surface area contributed by atoms with E-state index in [1.54, 1.807) is 0 Å². The van der Waals surface area contributed by atoms with Crippen molar-refractivity contribution in [3.05, 3.63) is 182 Å². The SMILES string of the molecule is c1ccc2cc(-c3ccc4c(-c5cccc6ccccc56)c5ccccc5c(-c5cc6ccccc6c6ccccc56)c4c3)ccc2c1. The Kier molecular flexibility index (Phi) is 5.98. The number of hydrogen-bond donors (Lipinski definition) is 0. The molecule has 10 aromatic carbocycles. The van der Waals surface area contributed by atoms with Crippen molar-refractivity contribution < 1.29 is 0 Å². The Hall–Kier alpha value is -6.24. The van der Waals surface area contributed by atoms with Crippen molar-refractivity contribution >= 4 is 64.6 Å². The van der Waals surface area contributed by atoms with E-state index in [4.69, 9.17) is 0 Å². The molecule has 0 fully saturated rings. The zero-order valence-corrected chi connectivity index (χ0v) is 26.3. The maximum absolute atomic E-state index is 2.44. The second-order valence-corrected chi connectivity index (χ2v) is 12.8. The maximum atomic E-state index is 2.44. The molecule has 0 unspecified atom stereocenters. The fourth-order valence-corrected chi connectivity index (χ4v) is 8.01. The highest BCUT2D eigenvalue weighted by molar-refractivity contribution is 6.27. The van der Waals surface area contributed by atoms with E-state index in [2.05, 4.69) is 182 Å². The minimum absolute atomic E-state index is 1.22. The van der Waals surface area contributed by atoms with Crippen LogP contribution in [0.3, 0.4) is 0 Å². The predicted octanol–water partition coefficient (Wildman–Crippen LogP) is 13.6. The van der Waals surface area contributed by atoms with Crippen molar-refractivity contribution in [2.75, 3.05) is 0 Å². The minimum atomic E-state index is 1.22. The molecule has 0 aliphatic heterocycles. The third kappa shape index (κ3) is 4.10. The first-order valence-electron chi connectivity index (χ1n) is 16.7. The van der Waals surface area contributed by atoms with Gasteiger partial charge in [-0.05, 0) is 116 Å². The summed E-state index contributed by atoms with van der Waals surface area (Å²) in [4.78, 5) is 0. The third-order valence-electron chi connectivity index (χ3n) is 10.2. The largest absolute Gasteiger partial charge is 0.0616 e. The molecule has 0 nitrogen and oxygen atoms in total. The molecule has 0 N–H and O–H groups in total. The molecule has 222 valence electrons. The monoisotopic (exact) mass is 606 g/mol. The van der Waals surface area contributed by atoms with Crippen LogP contribution in [0.5, 0.6) is 0 Å². The Morgan fingerprint density at radius 1 is 0.208 bits per heavy atom. The molecule has 0 saturated carbocycles. The second-order valence-electron chi connectivity index (χ2n) is 12.8. The molecule has 0 aliphatic rings. The lowest BCUT2D eigenvalue weighted by Crippen LogP contribution is -1.93. The first-order valence-corrected chi connectivity index (χ1v) is 16.7. The molecule has 0 aromatic heterocycles. The van der Waals surface area contributed by atoms with Gasteiger partial charge < -0.3 is 0 Å². The molecule has 0 bridgehead atoms. The summed E-state index contributed by atoms with van der Waals surface area (Å²) in [6, 6.07) is 67.2. The molecule has 0 heterocycles. The van der Waals surface area contributed by atoms with Gasteiger partial charge in [-0.3, -0.25) is 0 Å². The summed E-state index contributed by atoms with van der Waals surface area (Å²) >= 11 is 0. The number of hydrogen-bond acceptors (Lipinski definition) is 0. The number of fused-ring (bicyclic) bond motifs is 7. The topological polar surface area (TPSA) is 0 Å². The quantitative estimate of drug-likeness (QED) is 0.139. The lowest BCUT2D eigenvalue weighted by atomic mass is 9.82. The van der Waals surface area contributed by atoms with Crippen LogP contribution in [0, 0.1) is 0 Å². The van der Waals surface area contributed by atoms with Crippen LogP contribution in [0.4, 0.5) is 0 Å². The van der Waals surface area contributed by atoms with Crippen molar-refractivity contribution in [3.8, 4) is 33.4 Å². The highest BCUT2D eigenvalue weighted by Crippen LogP contribution is 2.48. The van der Waals surface area contributed by atoms with Crippen LogP contribution in [0.25, 0.3) is 98.0 Å². The van der Waals surface area contributed by atoms with Crippen LogP contribution in [0.15, 0.2) is 182 Å². The number of benzene rings is 10. The van der Waals surface area contributed by atoms with Gasteiger partial charge in [-0.2, -0.15) is 0 Å². The second kappa shape index (κ2) is 10.7. The van der Waals surface area contributed by atoms with E-state index in [0.717, 1.165) is 0 Å². The minimum Gasteiger partial charge on any atom is -0.0616 e.